The summed E-state index contributed by atoms with van der Waals surface area (Å²) in [6.45, 7) is -0.302. The number of nitrogens with zero attached hydrogens (tertiary/aromatic N) is 1. The van der Waals surface area contributed by atoms with Crippen LogP contribution >= 0.6 is 0 Å². The molecular formula is C10H11N3O5. The highest BCUT2D eigenvalue weighted by Gasteiger charge is 2.27. The molecule has 3 N–H and O–H groups in total. The van der Waals surface area contributed by atoms with Crippen LogP contribution < -0.4 is 11.3 Å². The first kappa shape index (κ1) is 12.3. The summed E-state index contributed by atoms with van der Waals surface area (Å²) >= 11 is 0. The molecule has 1 aliphatic heterocycles. The minimum Gasteiger partial charge on any atom is -0.467 e. The van der Waals surface area contributed by atoms with Crippen molar-refractivity contribution in [3.05, 3.63) is 23.7 Å². The van der Waals surface area contributed by atoms with E-state index in [2.05, 4.69) is 0 Å². The van der Waals surface area contributed by atoms with Crippen molar-refractivity contribution in [3.8, 4) is 0 Å². The number of morpholine rings is 1. The normalized spacial score (nSPS) is 15.9. The summed E-state index contributed by atoms with van der Waals surface area (Å²) < 4.78 is 9.85. The fraction of sp³-hybridized carbons (Fsp3) is 0.300. The van der Waals surface area contributed by atoms with Crippen LogP contribution in [0.25, 0.3) is 0 Å². The molecule has 0 atom stereocenters. The third kappa shape index (κ3) is 2.39. The molecule has 0 saturated carbocycles. The van der Waals surface area contributed by atoms with Crippen molar-refractivity contribution in [2.75, 3.05) is 13.2 Å². The average molecular weight is 253 g/mol. The van der Waals surface area contributed by atoms with E-state index < -0.39 is 17.7 Å². The standard InChI is InChI=1S/C10H11N3O5/c11-12-10(16)6-1-7(18-3-6)2-13-8(14)4-17-5-9(13)15/h1,3H,2,4-5,11H2,(H,12,16). The molecular weight excluding hydrogens is 242 g/mol. The van der Waals surface area contributed by atoms with E-state index in [9.17, 15) is 14.4 Å². The maximum Gasteiger partial charge on any atom is 0.268 e. The number of rotatable bonds is 3. The van der Waals surface area contributed by atoms with E-state index in [-0.39, 0.29) is 25.3 Å². The number of hydrogen-bond donors (Lipinski definition) is 2. The third-order valence-corrected chi connectivity index (χ3v) is 2.41. The maximum atomic E-state index is 11.4. The maximum absolute atomic E-state index is 11.4. The fourth-order valence-electron chi connectivity index (χ4n) is 1.52. The van der Waals surface area contributed by atoms with Gasteiger partial charge in [0.25, 0.3) is 17.7 Å². The zero-order valence-electron chi connectivity index (χ0n) is 9.34. The first-order chi connectivity index (χ1) is 8.61. The third-order valence-electron chi connectivity index (χ3n) is 2.41. The second-order valence-corrected chi connectivity index (χ2v) is 3.64. The van der Waals surface area contributed by atoms with Crippen LogP contribution in [0, 0.1) is 0 Å². The quantitative estimate of drug-likeness (QED) is 0.301. The molecule has 1 aromatic heterocycles. The molecule has 0 bridgehead atoms. The van der Waals surface area contributed by atoms with E-state index >= 15 is 0 Å². The molecule has 1 aliphatic rings. The van der Waals surface area contributed by atoms with E-state index in [1.165, 1.54) is 12.3 Å². The smallest absolute Gasteiger partial charge is 0.268 e. The number of nitrogen functional groups attached to an aromatic ring is 1. The molecule has 96 valence electrons. The van der Waals surface area contributed by atoms with Crippen molar-refractivity contribution >= 4 is 17.7 Å². The van der Waals surface area contributed by atoms with Crippen molar-refractivity contribution in [1.29, 1.82) is 0 Å². The SMILES string of the molecule is NNC(=O)c1coc(CN2C(=O)COCC2=O)c1. The van der Waals surface area contributed by atoms with Crippen molar-refractivity contribution in [2.45, 2.75) is 6.54 Å². The van der Waals surface area contributed by atoms with Crippen LogP contribution in [0.4, 0.5) is 0 Å². The van der Waals surface area contributed by atoms with Gasteiger partial charge in [-0.25, -0.2) is 5.84 Å². The fourth-order valence-corrected chi connectivity index (χ4v) is 1.52. The van der Waals surface area contributed by atoms with Crippen LogP contribution in [-0.4, -0.2) is 35.8 Å². The van der Waals surface area contributed by atoms with Gasteiger partial charge in [-0.1, -0.05) is 0 Å². The molecule has 1 fully saturated rings. The first-order valence-corrected chi connectivity index (χ1v) is 5.11. The molecule has 2 heterocycles. The molecule has 0 radical (unpaired) electrons. The van der Waals surface area contributed by atoms with Crippen molar-refractivity contribution in [1.82, 2.24) is 10.3 Å². The summed E-state index contributed by atoms with van der Waals surface area (Å²) in [5, 5.41) is 0. The Morgan fingerprint density at radius 1 is 1.39 bits per heavy atom. The lowest BCUT2D eigenvalue weighted by Gasteiger charge is -2.23. The second-order valence-electron chi connectivity index (χ2n) is 3.64. The minimum absolute atomic E-state index is 0.0289. The summed E-state index contributed by atoms with van der Waals surface area (Å²) in [6.07, 6.45) is 1.20. The Labute approximate surface area is 102 Å². The molecule has 3 amide bonds. The number of amides is 3. The highest BCUT2D eigenvalue weighted by molar-refractivity contribution is 5.98. The lowest BCUT2D eigenvalue weighted by atomic mass is 10.3. The van der Waals surface area contributed by atoms with Crippen LogP contribution in [0.1, 0.15) is 16.1 Å². The number of carbonyl (C=O) groups excluding carboxylic acids is 3. The Kier molecular flexibility index (Phi) is 3.40. The molecule has 1 aromatic rings. The number of hydrogen-bond acceptors (Lipinski definition) is 6. The minimum atomic E-state index is -0.510. The van der Waals surface area contributed by atoms with Gasteiger partial charge in [0.05, 0.1) is 12.1 Å². The van der Waals surface area contributed by atoms with E-state index in [1.807, 2.05) is 5.43 Å². The number of nitrogens with one attached hydrogen (secondary N) is 1. The van der Waals surface area contributed by atoms with Crippen molar-refractivity contribution < 1.29 is 23.5 Å². The van der Waals surface area contributed by atoms with E-state index in [0.717, 1.165) is 4.90 Å². The topological polar surface area (TPSA) is 115 Å². The molecule has 0 aliphatic carbocycles. The largest absolute Gasteiger partial charge is 0.467 e. The molecule has 8 nitrogen and oxygen atoms in total. The summed E-state index contributed by atoms with van der Waals surface area (Å²) in [7, 11) is 0. The van der Waals surface area contributed by atoms with Gasteiger partial charge in [0.15, 0.2) is 0 Å². The van der Waals surface area contributed by atoms with Gasteiger partial charge < -0.3 is 9.15 Å². The van der Waals surface area contributed by atoms with Gasteiger partial charge in [-0.15, -0.1) is 0 Å². The molecule has 8 heteroatoms. The summed E-state index contributed by atoms with van der Waals surface area (Å²) in [5.41, 5.74) is 2.17. The highest BCUT2D eigenvalue weighted by atomic mass is 16.5. The highest BCUT2D eigenvalue weighted by Crippen LogP contribution is 2.12. The van der Waals surface area contributed by atoms with Crippen molar-refractivity contribution in [3.63, 3.8) is 0 Å². The average Bonchev–Trinajstić information content (AvgIpc) is 2.81. The summed E-state index contributed by atoms with van der Waals surface area (Å²) in [5.74, 6) is 3.90. The molecule has 0 aromatic carbocycles. The summed E-state index contributed by atoms with van der Waals surface area (Å²) in [6, 6.07) is 1.41. The number of carbonyl (C=O) groups is 3. The van der Waals surface area contributed by atoms with Crippen LogP contribution in [-0.2, 0) is 20.9 Å². The Morgan fingerprint density at radius 3 is 2.67 bits per heavy atom. The van der Waals surface area contributed by atoms with Gasteiger partial charge in [0, 0.05) is 0 Å². The molecule has 1 saturated heterocycles. The zero-order chi connectivity index (χ0) is 13.1. The Morgan fingerprint density at radius 2 is 2.06 bits per heavy atom. The monoisotopic (exact) mass is 253 g/mol. The van der Waals surface area contributed by atoms with E-state index in [0.29, 0.717) is 5.76 Å². The van der Waals surface area contributed by atoms with E-state index in [4.69, 9.17) is 15.0 Å². The zero-order valence-corrected chi connectivity index (χ0v) is 9.34. The van der Waals surface area contributed by atoms with Crippen LogP contribution in [0.3, 0.4) is 0 Å². The molecule has 18 heavy (non-hydrogen) atoms. The number of hydrazine groups is 1. The molecule has 0 spiro atoms. The molecule has 0 unspecified atom stereocenters. The van der Waals surface area contributed by atoms with Crippen LogP contribution in [0.5, 0.6) is 0 Å². The second kappa shape index (κ2) is 4.98. The first-order valence-electron chi connectivity index (χ1n) is 5.11. The number of imide groups is 1. The predicted octanol–water partition coefficient (Wildman–Crippen LogP) is -1.23. The lowest BCUT2D eigenvalue weighted by Crippen LogP contribution is -2.45. The predicted molar refractivity (Wildman–Crippen MR) is 56.7 cm³/mol. The summed E-state index contributed by atoms with van der Waals surface area (Å²) in [4.78, 5) is 35.1. The van der Waals surface area contributed by atoms with Gasteiger partial charge in [-0.2, -0.15) is 0 Å². The number of nitrogens with two attached hydrogens (primary N) is 1. The number of ether oxygens (including phenoxy) is 1. The van der Waals surface area contributed by atoms with Gasteiger partial charge in [0.2, 0.25) is 0 Å². The Balaban J connectivity index is 2.09. The lowest BCUT2D eigenvalue weighted by molar-refractivity contribution is -0.159. The van der Waals surface area contributed by atoms with Gasteiger partial charge in [-0.3, -0.25) is 24.7 Å². The van der Waals surface area contributed by atoms with Crippen molar-refractivity contribution in [2.24, 2.45) is 5.84 Å². The Bertz CT molecular complexity index is 479. The van der Waals surface area contributed by atoms with Crippen LogP contribution in [0.15, 0.2) is 16.7 Å². The molecule has 2 rings (SSSR count). The van der Waals surface area contributed by atoms with Gasteiger partial charge >= 0.3 is 0 Å². The van der Waals surface area contributed by atoms with Crippen LogP contribution in [0.2, 0.25) is 0 Å². The Hall–Kier alpha value is -2.19. The van der Waals surface area contributed by atoms with E-state index in [1.54, 1.807) is 0 Å². The van der Waals surface area contributed by atoms with Gasteiger partial charge in [0.1, 0.15) is 25.2 Å². The number of furan rings is 1. The van der Waals surface area contributed by atoms with Gasteiger partial charge in [-0.05, 0) is 6.07 Å².